The number of aromatic nitrogens is 1. The summed E-state index contributed by atoms with van der Waals surface area (Å²) < 4.78 is 13.9. The molecule has 3 rings (SSSR count). The molecule has 4 nitrogen and oxygen atoms in total. The van der Waals surface area contributed by atoms with Gasteiger partial charge < -0.3 is 10.6 Å². The highest BCUT2D eigenvalue weighted by molar-refractivity contribution is 9.10. The summed E-state index contributed by atoms with van der Waals surface area (Å²) in [6.07, 6.45) is 1.61. The van der Waals surface area contributed by atoms with E-state index in [1.54, 1.807) is 18.3 Å². The number of anilines is 3. The van der Waals surface area contributed by atoms with Crippen molar-refractivity contribution < 1.29 is 9.18 Å². The predicted octanol–water partition coefficient (Wildman–Crippen LogP) is 4.98. The van der Waals surface area contributed by atoms with Gasteiger partial charge in [0.05, 0.1) is 5.56 Å². The molecule has 0 aliphatic rings. The molecule has 1 heterocycles. The number of carbonyl (C=O) groups excluding carboxylic acids is 1. The van der Waals surface area contributed by atoms with Crippen LogP contribution in [-0.2, 0) is 0 Å². The lowest BCUT2D eigenvalue weighted by atomic mass is 10.2. The highest BCUT2D eigenvalue weighted by Crippen LogP contribution is 2.21. The Kier molecular flexibility index (Phi) is 4.86. The fourth-order valence-corrected chi connectivity index (χ4v) is 2.35. The van der Waals surface area contributed by atoms with Gasteiger partial charge in [0.2, 0.25) is 0 Å². The molecular weight excluding hydrogens is 373 g/mol. The average Bonchev–Trinajstić information content (AvgIpc) is 2.59. The van der Waals surface area contributed by atoms with E-state index >= 15 is 0 Å². The first-order chi connectivity index (χ1) is 11.6. The lowest BCUT2D eigenvalue weighted by molar-refractivity contribution is 0.102. The van der Waals surface area contributed by atoms with Crippen LogP contribution in [0.25, 0.3) is 0 Å². The molecule has 0 saturated heterocycles. The van der Waals surface area contributed by atoms with E-state index in [2.05, 4.69) is 31.5 Å². The van der Waals surface area contributed by atoms with Crippen molar-refractivity contribution in [3.05, 3.63) is 82.7 Å². The van der Waals surface area contributed by atoms with Crippen molar-refractivity contribution in [1.29, 1.82) is 0 Å². The molecule has 0 saturated carbocycles. The standard InChI is InChI=1S/C18H13BrFN3O/c19-12-3-7-14(8-4-12)22-17-16(2-1-11-21-17)18(24)23-15-9-5-13(20)6-10-15/h1-11H,(H,21,22)(H,23,24). The number of hydrogen-bond donors (Lipinski definition) is 2. The van der Waals surface area contributed by atoms with E-state index in [4.69, 9.17) is 0 Å². The number of hydrogen-bond acceptors (Lipinski definition) is 3. The Bertz CT molecular complexity index is 851. The summed E-state index contributed by atoms with van der Waals surface area (Å²) in [5.74, 6) is -0.235. The molecule has 2 aromatic carbocycles. The van der Waals surface area contributed by atoms with Gasteiger partial charge in [0, 0.05) is 22.0 Å². The number of carbonyl (C=O) groups is 1. The molecule has 0 unspecified atom stereocenters. The van der Waals surface area contributed by atoms with E-state index in [1.165, 1.54) is 24.3 Å². The summed E-state index contributed by atoms with van der Waals surface area (Å²) in [4.78, 5) is 16.7. The third-order valence-electron chi connectivity index (χ3n) is 3.26. The molecular formula is C18H13BrFN3O. The number of amides is 1. The minimum absolute atomic E-state index is 0.325. The van der Waals surface area contributed by atoms with Crippen molar-refractivity contribution in [1.82, 2.24) is 4.98 Å². The Labute approximate surface area is 146 Å². The Morgan fingerprint density at radius 3 is 2.33 bits per heavy atom. The lowest BCUT2D eigenvalue weighted by Gasteiger charge is -2.11. The minimum atomic E-state index is -0.355. The van der Waals surface area contributed by atoms with Gasteiger partial charge in [0.15, 0.2) is 0 Å². The average molecular weight is 386 g/mol. The maximum atomic E-state index is 12.9. The molecule has 0 atom stereocenters. The molecule has 6 heteroatoms. The minimum Gasteiger partial charge on any atom is -0.340 e. The number of pyridine rings is 1. The third kappa shape index (κ3) is 3.97. The Morgan fingerprint density at radius 2 is 1.62 bits per heavy atom. The van der Waals surface area contributed by atoms with Crippen LogP contribution in [-0.4, -0.2) is 10.9 Å². The summed E-state index contributed by atoms with van der Waals surface area (Å²) >= 11 is 3.38. The molecule has 120 valence electrons. The number of rotatable bonds is 4. The van der Waals surface area contributed by atoms with Gasteiger partial charge in [-0.2, -0.15) is 0 Å². The van der Waals surface area contributed by atoms with Crippen molar-refractivity contribution in [3.63, 3.8) is 0 Å². The maximum Gasteiger partial charge on any atom is 0.259 e. The van der Waals surface area contributed by atoms with Gasteiger partial charge in [-0.1, -0.05) is 15.9 Å². The number of benzene rings is 2. The normalized spacial score (nSPS) is 10.2. The van der Waals surface area contributed by atoms with E-state index in [0.717, 1.165) is 10.2 Å². The quantitative estimate of drug-likeness (QED) is 0.665. The van der Waals surface area contributed by atoms with E-state index in [1.807, 2.05) is 24.3 Å². The summed E-state index contributed by atoms with van der Waals surface area (Å²) in [6.45, 7) is 0. The maximum absolute atomic E-state index is 12.9. The topological polar surface area (TPSA) is 54.0 Å². The molecule has 1 amide bonds. The Morgan fingerprint density at radius 1 is 0.958 bits per heavy atom. The summed E-state index contributed by atoms with van der Waals surface area (Å²) in [6, 6.07) is 16.5. The van der Waals surface area contributed by atoms with Crippen LogP contribution in [0.3, 0.4) is 0 Å². The van der Waals surface area contributed by atoms with Crippen molar-refractivity contribution in [2.24, 2.45) is 0 Å². The van der Waals surface area contributed by atoms with Crippen molar-refractivity contribution in [2.75, 3.05) is 10.6 Å². The number of halogens is 2. The second kappa shape index (κ2) is 7.23. The second-order valence-electron chi connectivity index (χ2n) is 4.99. The fourth-order valence-electron chi connectivity index (χ4n) is 2.09. The van der Waals surface area contributed by atoms with Crippen molar-refractivity contribution >= 4 is 39.0 Å². The van der Waals surface area contributed by atoms with Gasteiger partial charge in [-0.25, -0.2) is 9.37 Å². The zero-order chi connectivity index (χ0) is 16.9. The number of nitrogens with zero attached hydrogens (tertiary/aromatic N) is 1. The largest absolute Gasteiger partial charge is 0.340 e. The van der Waals surface area contributed by atoms with Crippen LogP contribution in [0.4, 0.5) is 21.6 Å². The van der Waals surface area contributed by atoms with E-state index in [0.29, 0.717) is 17.1 Å². The first-order valence-corrected chi connectivity index (χ1v) is 7.95. The molecule has 2 N–H and O–H groups in total. The highest BCUT2D eigenvalue weighted by atomic mass is 79.9. The van der Waals surface area contributed by atoms with E-state index in [9.17, 15) is 9.18 Å². The van der Waals surface area contributed by atoms with Crippen LogP contribution in [0.5, 0.6) is 0 Å². The van der Waals surface area contributed by atoms with Crippen LogP contribution in [0.15, 0.2) is 71.3 Å². The molecule has 1 aromatic heterocycles. The Hall–Kier alpha value is -2.73. The van der Waals surface area contributed by atoms with Gasteiger partial charge >= 0.3 is 0 Å². The van der Waals surface area contributed by atoms with Crippen LogP contribution >= 0.6 is 15.9 Å². The van der Waals surface area contributed by atoms with Crippen LogP contribution in [0.1, 0.15) is 10.4 Å². The predicted molar refractivity (Wildman–Crippen MR) is 96.0 cm³/mol. The smallest absolute Gasteiger partial charge is 0.259 e. The SMILES string of the molecule is O=C(Nc1ccc(F)cc1)c1cccnc1Nc1ccc(Br)cc1. The summed E-state index contributed by atoms with van der Waals surface area (Å²) in [5, 5.41) is 5.85. The third-order valence-corrected chi connectivity index (χ3v) is 3.79. The number of nitrogens with one attached hydrogen (secondary N) is 2. The molecule has 24 heavy (non-hydrogen) atoms. The van der Waals surface area contributed by atoms with E-state index < -0.39 is 0 Å². The van der Waals surface area contributed by atoms with Crippen molar-refractivity contribution in [3.8, 4) is 0 Å². The van der Waals surface area contributed by atoms with Gasteiger partial charge in [-0.3, -0.25) is 4.79 Å². The van der Waals surface area contributed by atoms with Gasteiger partial charge in [-0.05, 0) is 60.7 Å². The lowest BCUT2D eigenvalue weighted by Crippen LogP contribution is -2.14. The second-order valence-corrected chi connectivity index (χ2v) is 5.91. The molecule has 0 fully saturated rings. The summed E-state index contributed by atoms with van der Waals surface area (Å²) in [7, 11) is 0. The van der Waals surface area contributed by atoms with Crippen LogP contribution < -0.4 is 10.6 Å². The summed E-state index contributed by atoms with van der Waals surface area (Å²) in [5.41, 5.74) is 1.72. The molecule has 0 aliphatic heterocycles. The zero-order valence-corrected chi connectivity index (χ0v) is 14.0. The van der Waals surface area contributed by atoms with Gasteiger partial charge in [-0.15, -0.1) is 0 Å². The molecule has 0 spiro atoms. The van der Waals surface area contributed by atoms with Crippen LogP contribution in [0, 0.1) is 5.82 Å². The van der Waals surface area contributed by atoms with Gasteiger partial charge in [0.1, 0.15) is 11.6 Å². The molecule has 0 bridgehead atoms. The molecule has 0 radical (unpaired) electrons. The first kappa shape index (κ1) is 16.1. The molecule has 3 aromatic rings. The Balaban J connectivity index is 1.81. The van der Waals surface area contributed by atoms with Crippen LogP contribution in [0.2, 0.25) is 0 Å². The van der Waals surface area contributed by atoms with Gasteiger partial charge in [0.25, 0.3) is 5.91 Å². The monoisotopic (exact) mass is 385 g/mol. The van der Waals surface area contributed by atoms with Crippen molar-refractivity contribution in [2.45, 2.75) is 0 Å². The fraction of sp³-hybridized carbons (Fsp3) is 0. The van der Waals surface area contributed by atoms with E-state index in [-0.39, 0.29) is 11.7 Å². The zero-order valence-electron chi connectivity index (χ0n) is 12.5. The first-order valence-electron chi connectivity index (χ1n) is 7.16. The molecule has 0 aliphatic carbocycles. The highest BCUT2D eigenvalue weighted by Gasteiger charge is 2.13.